The molecular weight excluding hydrogens is 303 g/mol. The number of hydrogen-bond donors (Lipinski definition) is 1. The van der Waals surface area contributed by atoms with Gasteiger partial charge in [0.2, 0.25) is 0 Å². The minimum Gasteiger partial charge on any atom is -0.321 e. The molecule has 0 saturated heterocycles. The number of rotatable bonds is 2. The number of alkyl halides is 3. The van der Waals surface area contributed by atoms with E-state index in [1.807, 2.05) is 6.07 Å². The van der Waals surface area contributed by atoms with Gasteiger partial charge in [0.25, 0.3) is 5.91 Å². The molecule has 0 heterocycles. The number of nitrogens with one attached hydrogen (secondary N) is 1. The van der Waals surface area contributed by atoms with Crippen molar-refractivity contribution in [2.45, 2.75) is 31.9 Å². The van der Waals surface area contributed by atoms with Crippen LogP contribution in [0.25, 0.3) is 0 Å². The third-order valence-corrected chi connectivity index (χ3v) is 4.12. The number of amides is 1. The molecule has 3 rings (SSSR count). The fourth-order valence-corrected chi connectivity index (χ4v) is 3.02. The van der Waals surface area contributed by atoms with Crippen molar-refractivity contribution in [2.24, 2.45) is 0 Å². The van der Waals surface area contributed by atoms with Crippen molar-refractivity contribution in [2.75, 3.05) is 5.32 Å². The molecule has 120 valence electrons. The second-order valence-electron chi connectivity index (χ2n) is 5.65. The lowest BCUT2D eigenvalue weighted by Gasteiger charge is -2.19. The zero-order valence-corrected chi connectivity index (χ0v) is 12.4. The van der Waals surface area contributed by atoms with Crippen LogP contribution in [0.3, 0.4) is 0 Å². The molecule has 0 bridgehead atoms. The highest BCUT2D eigenvalue weighted by atomic mass is 19.4. The Kier molecular flexibility index (Phi) is 4.11. The van der Waals surface area contributed by atoms with Crippen LogP contribution in [0.1, 0.15) is 39.9 Å². The van der Waals surface area contributed by atoms with Crippen LogP contribution < -0.4 is 5.32 Å². The Morgan fingerprint density at radius 3 is 2.48 bits per heavy atom. The van der Waals surface area contributed by atoms with Crippen LogP contribution in [-0.4, -0.2) is 5.91 Å². The maximum absolute atomic E-state index is 13.0. The lowest BCUT2D eigenvalue weighted by molar-refractivity contribution is -0.136. The van der Waals surface area contributed by atoms with Crippen LogP contribution in [-0.2, 0) is 19.0 Å². The average molecular weight is 319 g/mol. The van der Waals surface area contributed by atoms with Crippen LogP contribution in [0.15, 0.2) is 42.5 Å². The van der Waals surface area contributed by atoms with Gasteiger partial charge in [-0.3, -0.25) is 4.79 Å². The van der Waals surface area contributed by atoms with Gasteiger partial charge in [-0.15, -0.1) is 0 Å². The van der Waals surface area contributed by atoms with Crippen LogP contribution in [0, 0.1) is 0 Å². The quantitative estimate of drug-likeness (QED) is 0.843. The minimum absolute atomic E-state index is 0.210. The van der Waals surface area contributed by atoms with Gasteiger partial charge in [0, 0.05) is 5.56 Å². The van der Waals surface area contributed by atoms with Crippen molar-refractivity contribution in [3.05, 3.63) is 64.7 Å². The first-order valence-electron chi connectivity index (χ1n) is 7.55. The van der Waals surface area contributed by atoms with Gasteiger partial charge < -0.3 is 5.32 Å². The summed E-state index contributed by atoms with van der Waals surface area (Å²) in [6.07, 6.45) is -0.721. The lowest BCUT2D eigenvalue weighted by Crippen LogP contribution is -2.19. The summed E-state index contributed by atoms with van der Waals surface area (Å²) >= 11 is 0. The molecule has 0 saturated carbocycles. The second kappa shape index (κ2) is 6.07. The average Bonchev–Trinajstić information content (AvgIpc) is 2.54. The van der Waals surface area contributed by atoms with Gasteiger partial charge in [-0.2, -0.15) is 13.2 Å². The highest BCUT2D eigenvalue weighted by Crippen LogP contribution is 2.35. The Morgan fingerprint density at radius 1 is 0.957 bits per heavy atom. The number of halogens is 3. The second-order valence-corrected chi connectivity index (χ2v) is 5.65. The Hall–Kier alpha value is -2.30. The number of benzene rings is 2. The Morgan fingerprint density at radius 2 is 1.70 bits per heavy atom. The van der Waals surface area contributed by atoms with Crippen LogP contribution >= 0.6 is 0 Å². The van der Waals surface area contributed by atoms with Crippen LogP contribution in [0.5, 0.6) is 0 Å². The van der Waals surface area contributed by atoms with Crippen molar-refractivity contribution in [1.29, 1.82) is 0 Å². The number of para-hydroxylation sites is 1. The molecule has 2 nitrogen and oxygen atoms in total. The third kappa shape index (κ3) is 3.23. The number of aryl methyl sites for hydroxylation is 1. The first-order chi connectivity index (χ1) is 11.0. The molecule has 0 fully saturated rings. The van der Waals surface area contributed by atoms with E-state index in [2.05, 4.69) is 5.32 Å². The summed E-state index contributed by atoms with van der Waals surface area (Å²) in [6, 6.07) is 10.5. The van der Waals surface area contributed by atoms with Gasteiger partial charge in [-0.25, -0.2) is 0 Å². The molecule has 0 atom stereocenters. The monoisotopic (exact) mass is 319 g/mol. The van der Waals surface area contributed by atoms with E-state index in [1.165, 1.54) is 18.2 Å². The first-order valence-corrected chi connectivity index (χ1v) is 7.55. The van der Waals surface area contributed by atoms with Crippen LogP contribution in [0.2, 0.25) is 0 Å². The lowest BCUT2D eigenvalue weighted by atomic mass is 9.88. The zero-order valence-electron chi connectivity index (χ0n) is 12.4. The number of carbonyl (C=O) groups excluding carboxylic acids is 1. The molecule has 1 N–H and O–H groups in total. The molecule has 5 heteroatoms. The molecule has 23 heavy (non-hydrogen) atoms. The van der Waals surface area contributed by atoms with Gasteiger partial charge in [-0.1, -0.05) is 24.3 Å². The Labute approximate surface area is 132 Å². The molecular formula is C18H16F3NO. The Bertz CT molecular complexity index is 737. The van der Waals surface area contributed by atoms with E-state index < -0.39 is 17.6 Å². The Balaban J connectivity index is 1.92. The standard InChI is InChI=1S/C18H16F3NO/c19-18(20,21)15-10-3-4-11-16(15)22-17(23)14-9-5-7-12-6-1-2-8-13(12)14/h3-5,7,9-11H,1-2,6,8H2,(H,22,23). The van der Waals surface area contributed by atoms with Gasteiger partial charge >= 0.3 is 6.18 Å². The summed E-state index contributed by atoms with van der Waals surface area (Å²) in [4.78, 5) is 12.5. The van der Waals surface area contributed by atoms with Gasteiger partial charge in [0.05, 0.1) is 11.3 Å². The molecule has 1 aliphatic carbocycles. The third-order valence-electron chi connectivity index (χ3n) is 4.12. The zero-order chi connectivity index (χ0) is 16.4. The summed E-state index contributed by atoms with van der Waals surface area (Å²) < 4.78 is 39.1. The van der Waals surface area contributed by atoms with Crippen molar-refractivity contribution < 1.29 is 18.0 Å². The van der Waals surface area contributed by atoms with E-state index in [0.717, 1.165) is 42.9 Å². The molecule has 2 aromatic rings. The van der Waals surface area contributed by atoms with Crippen molar-refractivity contribution in [1.82, 2.24) is 0 Å². The summed E-state index contributed by atoms with van der Waals surface area (Å²) in [7, 11) is 0. The van der Waals surface area contributed by atoms with Crippen molar-refractivity contribution in [3.63, 3.8) is 0 Å². The molecule has 2 aromatic carbocycles. The van der Waals surface area contributed by atoms with E-state index >= 15 is 0 Å². The number of anilines is 1. The largest absolute Gasteiger partial charge is 0.418 e. The summed E-state index contributed by atoms with van der Waals surface area (Å²) in [6.45, 7) is 0. The minimum atomic E-state index is -4.50. The summed E-state index contributed by atoms with van der Waals surface area (Å²) in [5.41, 5.74) is 1.50. The van der Waals surface area contributed by atoms with E-state index in [1.54, 1.807) is 12.1 Å². The number of hydrogen-bond acceptors (Lipinski definition) is 1. The number of carbonyl (C=O) groups is 1. The normalized spacial score (nSPS) is 14.2. The van der Waals surface area contributed by atoms with Gasteiger partial charge in [-0.05, 0) is 55.0 Å². The van der Waals surface area contributed by atoms with E-state index in [-0.39, 0.29) is 5.69 Å². The predicted molar refractivity (Wildman–Crippen MR) is 82.5 cm³/mol. The first kappa shape index (κ1) is 15.6. The molecule has 0 aliphatic heterocycles. The molecule has 0 spiro atoms. The topological polar surface area (TPSA) is 29.1 Å². The van der Waals surface area contributed by atoms with E-state index in [0.29, 0.717) is 5.56 Å². The maximum atomic E-state index is 13.0. The van der Waals surface area contributed by atoms with Gasteiger partial charge in [0.1, 0.15) is 0 Å². The fourth-order valence-electron chi connectivity index (χ4n) is 3.02. The molecule has 0 aromatic heterocycles. The maximum Gasteiger partial charge on any atom is 0.418 e. The molecule has 1 aliphatic rings. The van der Waals surface area contributed by atoms with Crippen molar-refractivity contribution in [3.8, 4) is 0 Å². The summed E-state index contributed by atoms with van der Waals surface area (Å²) in [5.74, 6) is -0.486. The SMILES string of the molecule is O=C(Nc1ccccc1C(F)(F)F)c1cccc2c1CCCC2. The highest BCUT2D eigenvalue weighted by molar-refractivity contribution is 6.06. The molecule has 0 unspecified atom stereocenters. The van der Waals surface area contributed by atoms with Crippen LogP contribution in [0.4, 0.5) is 18.9 Å². The number of fused-ring (bicyclic) bond motifs is 1. The van der Waals surface area contributed by atoms with E-state index in [4.69, 9.17) is 0 Å². The van der Waals surface area contributed by atoms with E-state index in [9.17, 15) is 18.0 Å². The predicted octanol–water partition coefficient (Wildman–Crippen LogP) is 4.84. The smallest absolute Gasteiger partial charge is 0.321 e. The molecule has 0 radical (unpaired) electrons. The summed E-state index contributed by atoms with van der Waals surface area (Å²) in [5, 5.41) is 2.42. The van der Waals surface area contributed by atoms with Crippen molar-refractivity contribution >= 4 is 11.6 Å². The molecule has 1 amide bonds. The van der Waals surface area contributed by atoms with Gasteiger partial charge in [0.15, 0.2) is 0 Å². The fraction of sp³-hybridized carbons (Fsp3) is 0.278. The highest BCUT2D eigenvalue weighted by Gasteiger charge is 2.33.